The van der Waals surface area contributed by atoms with E-state index in [4.69, 9.17) is 10.2 Å². The molecule has 24 nitrogen and oxygen atoms in total. The van der Waals surface area contributed by atoms with Gasteiger partial charge in [0.15, 0.2) is 0 Å². The van der Waals surface area contributed by atoms with Crippen molar-refractivity contribution in [3.8, 4) is 0 Å². The molecule has 0 aliphatic carbocycles. The van der Waals surface area contributed by atoms with E-state index in [2.05, 4.69) is 0 Å². The summed E-state index contributed by atoms with van der Waals surface area (Å²) in [5, 5.41) is 73.9. The first kappa shape index (κ1) is 36.7. The molecule has 0 aromatic heterocycles. The number of carboxylic acids is 4. The smallest absolute Gasteiger partial charge is 0.363 e. The topological polar surface area (TPSA) is 414 Å². The van der Waals surface area contributed by atoms with Crippen molar-refractivity contribution < 1.29 is 105 Å². The van der Waals surface area contributed by atoms with Gasteiger partial charge >= 0.3 is 65.4 Å². The number of aliphatic hydroxyl groups is 4. The lowest BCUT2D eigenvalue weighted by atomic mass is 10.0. The normalized spacial score (nSPS) is 25.1. The Morgan fingerprint density at radius 3 is 1.02 bits per heavy atom. The molecule has 0 radical (unpaired) electrons. The Morgan fingerprint density at radius 1 is 0.591 bits per heavy atom. The number of aliphatic carboxylic acids is 4. The minimum atomic E-state index is -6.58. The molecular weight excluding hydrogens is 700 g/mol. The second-order valence-corrected chi connectivity index (χ2v) is 14.3. The van der Waals surface area contributed by atoms with Gasteiger partial charge in [0.25, 0.3) is 0 Å². The first-order chi connectivity index (χ1) is 19.6. The Kier molecular flexibility index (Phi) is 9.30. The zero-order chi connectivity index (χ0) is 34.8. The first-order valence-corrected chi connectivity index (χ1v) is 15.6. The van der Waals surface area contributed by atoms with Crippen molar-refractivity contribution in [1.82, 2.24) is 9.80 Å². The molecule has 6 unspecified atom stereocenters. The van der Waals surface area contributed by atoms with E-state index < -0.39 is 122 Å². The number of carbonyl (C=O) groups is 8. The Hall–Kier alpha value is -3.48. The van der Waals surface area contributed by atoms with Gasteiger partial charge in [0.1, 0.15) is 10.5 Å². The highest BCUT2D eigenvalue weighted by atomic mass is 33.1. The fourth-order valence-corrected chi connectivity index (χ4v) is 8.13. The third-order valence-electron chi connectivity index (χ3n) is 6.01. The minimum absolute atomic E-state index is 0.0182. The predicted molar refractivity (Wildman–Crippen MR) is 129 cm³/mol. The van der Waals surface area contributed by atoms with Gasteiger partial charge in [0.2, 0.25) is 23.6 Å². The number of likely N-dealkylation sites (tertiary alicyclic amines) is 2. The quantitative estimate of drug-likeness (QED) is 0.0481. The maximum atomic E-state index is 12.8. The summed E-state index contributed by atoms with van der Waals surface area (Å²) in [5.41, 5.74) is -9.88. The van der Waals surface area contributed by atoms with Crippen LogP contribution in [0.1, 0.15) is 12.8 Å². The summed E-state index contributed by atoms with van der Waals surface area (Å²) in [4.78, 5) is 84.7. The molecular formula is C16H16N2O22S4. The van der Waals surface area contributed by atoms with E-state index in [0.29, 0.717) is 0 Å². The number of hydrogen-bond donors (Lipinski definition) is 10. The average molecular weight is 717 g/mol. The van der Waals surface area contributed by atoms with Crippen LogP contribution >= 0.6 is 21.6 Å². The van der Waals surface area contributed by atoms with Gasteiger partial charge in [-0.25, -0.2) is 29.0 Å². The van der Waals surface area contributed by atoms with Crippen molar-refractivity contribution in [2.45, 2.75) is 44.7 Å². The number of carboxylic acid groups (broad SMARTS) is 4. The van der Waals surface area contributed by atoms with E-state index >= 15 is 0 Å². The van der Waals surface area contributed by atoms with E-state index in [1.165, 1.54) is 0 Å². The monoisotopic (exact) mass is 716 g/mol. The molecule has 28 heteroatoms. The predicted octanol–water partition coefficient (Wildman–Crippen LogP) is -6.51. The van der Waals surface area contributed by atoms with Gasteiger partial charge in [-0.1, -0.05) is 21.6 Å². The molecule has 0 aromatic carbocycles. The van der Waals surface area contributed by atoms with E-state index in [-0.39, 0.29) is 21.6 Å². The standard InChI is InChI=1S/C16H16N2O22S4/c19-5-1-3(7(21)17(5)13(31,9(23)24)15(33,11(27)28)43(35,36)37)41-42-4-2-6(20)18(8(4)22)14(32,10(25)26)16(34,12(29)30)44(38,39)40/h3-4,31-34H,1-2H2,(H,23,24)(H,25,26)(H,27,28)(H,29,30)(H,35,36,37)(H,38,39,40). The Balaban J connectivity index is 2.47. The highest BCUT2D eigenvalue weighted by molar-refractivity contribution is 8.77. The van der Waals surface area contributed by atoms with Gasteiger partial charge in [-0.15, -0.1) is 0 Å². The summed E-state index contributed by atoms with van der Waals surface area (Å²) >= 11 is 0. The lowest BCUT2D eigenvalue weighted by molar-refractivity contribution is -0.223. The van der Waals surface area contributed by atoms with Gasteiger partial charge in [0.05, 0.1) is 0 Å². The van der Waals surface area contributed by atoms with Crippen LogP contribution in [0.4, 0.5) is 0 Å². The third kappa shape index (κ3) is 4.87. The van der Waals surface area contributed by atoms with Gasteiger partial charge in [-0.05, 0) is 0 Å². The molecule has 4 amide bonds. The van der Waals surface area contributed by atoms with E-state index in [9.17, 15) is 94.9 Å². The fourth-order valence-electron chi connectivity index (χ4n) is 3.84. The summed E-state index contributed by atoms with van der Waals surface area (Å²) in [6.07, 6.45) is -2.54. The Bertz CT molecular complexity index is 1490. The van der Waals surface area contributed by atoms with E-state index in [1.54, 1.807) is 0 Å². The zero-order valence-corrected chi connectivity index (χ0v) is 23.7. The molecule has 0 bridgehead atoms. The van der Waals surface area contributed by atoms with Crippen LogP contribution in [-0.4, -0.2) is 156 Å². The van der Waals surface area contributed by atoms with Crippen molar-refractivity contribution in [3.05, 3.63) is 0 Å². The Morgan fingerprint density at radius 2 is 0.841 bits per heavy atom. The summed E-state index contributed by atoms with van der Waals surface area (Å²) < 4.78 is 64.7. The van der Waals surface area contributed by atoms with Crippen molar-refractivity contribution in [3.63, 3.8) is 0 Å². The van der Waals surface area contributed by atoms with Gasteiger partial charge < -0.3 is 40.9 Å². The molecule has 0 aromatic rings. The number of hydrogen-bond acceptors (Lipinski definition) is 18. The van der Waals surface area contributed by atoms with E-state index in [1.807, 2.05) is 0 Å². The number of carbonyl (C=O) groups excluding carboxylic acids is 4. The van der Waals surface area contributed by atoms with Crippen molar-refractivity contribution in [2.24, 2.45) is 0 Å². The molecule has 0 saturated carbocycles. The first-order valence-electron chi connectivity index (χ1n) is 10.4. The maximum absolute atomic E-state index is 12.8. The zero-order valence-electron chi connectivity index (χ0n) is 20.5. The summed E-state index contributed by atoms with van der Waals surface area (Å²) in [6, 6.07) is 0. The lowest BCUT2D eigenvalue weighted by Gasteiger charge is -2.39. The maximum Gasteiger partial charge on any atom is 0.363 e. The molecule has 6 atom stereocenters. The fraction of sp³-hybridized carbons (Fsp3) is 0.500. The molecule has 2 fully saturated rings. The highest BCUT2D eigenvalue weighted by Gasteiger charge is 2.77. The molecule has 0 spiro atoms. The third-order valence-corrected chi connectivity index (χ3v) is 11.5. The molecule has 2 saturated heterocycles. The number of rotatable bonds is 13. The van der Waals surface area contributed by atoms with Crippen LogP contribution in [0.25, 0.3) is 0 Å². The van der Waals surface area contributed by atoms with Gasteiger partial charge in [0, 0.05) is 12.8 Å². The molecule has 2 aliphatic heterocycles. The molecule has 2 heterocycles. The summed E-state index contributed by atoms with van der Waals surface area (Å²) in [7, 11) is -13.2. The summed E-state index contributed by atoms with van der Waals surface area (Å²) in [6.45, 7) is 0. The van der Waals surface area contributed by atoms with Gasteiger partial charge in [-0.2, -0.15) is 16.8 Å². The van der Waals surface area contributed by atoms with Crippen LogP contribution in [-0.2, 0) is 58.6 Å². The van der Waals surface area contributed by atoms with Crippen LogP contribution in [0, 0.1) is 0 Å². The molecule has 44 heavy (non-hydrogen) atoms. The van der Waals surface area contributed by atoms with Crippen LogP contribution in [0.2, 0.25) is 0 Å². The molecule has 246 valence electrons. The van der Waals surface area contributed by atoms with Gasteiger partial charge in [-0.3, -0.25) is 28.3 Å². The Labute approximate surface area is 248 Å². The largest absolute Gasteiger partial charge is 0.478 e. The van der Waals surface area contributed by atoms with E-state index in [0.717, 1.165) is 0 Å². The van der Waals surface area contributed by atoms with Crippen molar-refractivity contribution in [1.29, 1.82) is 0 Å². The molecule has 10 N–H and O–H groups in total. The number of nitrogens with zero attached hydrogens (tertiary/aromatic N) is 2. The van der Waals surface area contributed by atoms with Crippen LogP contribution < -0.4 is 0 Å². The van der Waals surface area contributed by atoms with Crippen LogP contribution in [0.3, 0.4) is 0 Å². The second-order valence-electron chi connectivity index (χ2n) is 8.52. The SMILES string of the molecule is O=C1CC(SSC2CC(=O)N(C(O)(C(=O)O)C(O)(C(=O)O)S(=O)(=O)O)C2=O)C(=O)N1C(O)(C(=O)O)C(O)(C(=O)O)S(=O)(=O)O. The molecule has 2 rings (SSSR count). The number of amides is 4. The second kappa shape index (κ2) is 11.1. The van der Waals surface area contributed by atoms with Crippen LogP contribution in [0.5, 0.6) is 0 Å². The minimum Gasteiger partial charge on any atom is -0.478 e. The van der Waals surface area contributed by atoms with Crippen LogP contribution in [0.15, 0.2) is 0 Å². The van der Waals surface area contributed by atoms with Crippen molar-refractivity contribution >= 4 is 89.3 Å². The summed E-state index contributed by atoms with van der Waals surface area (Å²) in [5.74, 6) is -20.2. The lowest BCUT2D eigenvalue weighted by Crippen LogP contribution is -2.75. The van der Waals surface area contributed by atoms with Crippen molar-refractivity contribution in [2.75, 3.05) is 0 Å². The number of imide groups is 2. The molecule has 2 aliphatic rings. The highest BCUT2D eigenvalue weighted by Crippen LogP contribution is 2.45. The average Bonchev–Trinajstić information content (AvgIpc) is 3.31.